The second-order valence-electron chi connectivity index (χ2n) is 3.55. The lowest BCUT2D eigenvalue weighted by Gasteiger charge is -2.11. The van der Waals surface area contributed by atoms with Crippen molar-refractivity contribution in [1.82, 2.24) is 0 Å². The Kier molecular flexibility index (Phi) is 4.54. The second kappa shape index (κ2) is 5.47. The predicted octanol–water partition coefficient (Wildman–Crippen LogP) is 3.24. The molecule has 0 aliphatic carbocycles. The molecule has 0 bridgehead atoms. The number of hydrogen-bond acceptors (Lipinski definition) is 2. The normalized spacial score (nSPS) is 13.3. The molecule has 2 rings (SSSR count). The minimum Gasteiger partial charge on any atom is -0.310 e. The summed E-state index contributed by atoms with van der Waals surface area (Å²) in [6, 6.07) is 3.25. The minimum atomic E-state index is -0.218. The molecule has 1 aliphatic heterocycles. The molecule has 1 aromatic rings. The van der Waals surface area contributed by atoms with E-state index in [1.165, 1.54) is 12.5 Å². The number of nitrogens with two attached hydrogens (primary N) is 1. The fourth-order valence-corrected chi connectivity index (χ4v) is 1.74. The molecule has 0 aromatic heterocycles. The first kappa shape index (κ1) is 12.5. The number of halogens is 2. The zero-order valence-corrected chi connectivity index (χ0v) is 10.6. The molecule has 0 unspecified atom stereocenters. The van der Waals surface area contributed by atoms with Gasteiger partial charge in [0.25, 0.3) is 0 Å². The van der Waals surface area contributed by atoms with E-state index < -0.39 is 0 Å². The van der Waals surface area contributed by atoms with Crippen LogP contribution in [0.25, 0.3) is 0 Å². The van der Waals surface area contributed by atoms with Gasteiger partial charge in [0.2, 0.25) is 0 Å². The molecular formula is C11H16BrFN2. The Morgan fingerprint density at radius 1 is 1.47 bits per heavy atom. The maximum absolute atomic E-state index is 13.0. The van der Waals surface area contributed by atoms with E-state index in [2.05, 4.69) is 29.8 Å². The third-order valence-corrected chi connectivity index (χ3v) is 2.66. The minimum absolute atomic E-state index is 0.218. The predicted molar refractivity (Wildman–Crippen MR) is 65.3 cm³/mol. The highest BCUT2D eigenvalue weighted by molar-refractivity contribution is 9.10. The van der Waals surface area contributed by atoms with Gasteiger partial charge in [-0.1, -0.05) is 20.3 Å². The van der Waals surface area contributed by atoms with Crippen LogP contribution in [-0.4, -0.2) is 6.54 Å². The Morgan fingerprint density at radius 2 is 2.07 bits per heavy atom. The molecule has 84 valence electrons. The van der Waals surface area contributed by atoms with Crippen molar-refractivity contribution in [3.63, 3.8) is 0 Å². The quantitative estimate of drug-likeness (QED) is 0.736. The van der Waals surface area contributed by atoms with Crippen molar-refractivity contribution in [1.29, 1.82) is 0 Å². The molecule has 0 radical (unpaired) electrons. The first-order chi connectivity index (χ1) is 7.10. The highest BCUT2D eigenvalue weighted by Crippen LogP contribution is 2.30. The number of benzene rings is 1. The standard InChI is InChI=1S/C8H8BrFN2.C3H8/c9-6-4-8-5(3-7(6)10)1-2-12(8)11;1-3-2/h3-4H,1-2,11H2;3H2,1-2H3. The summed E-state index contributed by atoms with van der Waals surface area (Å²) < 4.78 is 13.5. The van der Waals surface area contributed by atoms with Crippen molar-refractivity contribution in [2.45, 2.75) is 26.7 Å². The topological polar surface area (TPSA) is 29.3 Å². The summed E-state index contributed by atoms with van der Waals surface area (Å²) in [7, 11) is 0. The van der Waals surface area contributed by atoms with Crippen LogP contribution < -0.4 is 10.9 Å². The van der Waals surface area contributed by atoms with E-state index in [4.69, 9.17) is 5.84 Å². The van der Waals surface area contributed by atoms with E-state index in [9.17, 15) is 4.39 Å². The van der Waals surface area contributed by atoms with Crippen LogP contribution in [-0.2, 0) is 6.42 Å². The SMILES string of the molecule is CCC.NN1CCc2cc(F)c(Br)cc21. The molecular weight excluding hydrogens is 259 g/mol. The van der Waals surface area contributed by atoms with Crippen molar-refractivity contribution in [2.75, 3.05) is 11.6 Å². The Bertz CT molecular complexity index is 342. The van der Waals surface area contributed by atoms with Crippen LogP contribution in [0, 0.1) is 5.82 Å². The summed E-state index contributed by atoms with van der Waals surface area (Å²) in [4.78, 5) is 0. The Morgan fingerprint density at radius 3 is 2.67 bits per heavy atom. The zero-order chi connectivity index (χ0) is 11.4. The summed E-state index contributed by atoms with van der Waals surface area (Å²) in [6.07, 6.45) is 2.08. The lowest BCUT2D eigenvalue weighted by molar-refractivity contribution is 0.620. The fourth-order valence-electron chi connectivity index (χ4n) is 1.41. The lowest BCUT2D eigenvalue weighted by atomic mass is 10.2. The van der Waals surface area contributed by atoms with E-state index >= 15 is 0 Å². The smallest absolute Gasteiger partial charge is 0.137 e. The molecule has 1 heterocycles. The molecule has 4 heteroatoms. The molecule has 0 spiro atoms. The second-order valence-corrected chi connectivity index (χ2v) is 4.40. The van der Waals surface area contributed by atoms with Gasteiger partial charge in [0, 0.05) is 6.54 Å². The van der Waals surface area contributed by atoms with Crippen LogP contribution in [0.1, 0.15) is 25.8 Å². The summed E-state index contributed by atoms with van der Waals surface area (Å²) >= 11 is 3.12. The van der Waals surface area contributed by atoms with Crippen LogP contribution in [0.5, 0.6) is 0 Å². The van der Waals surface area contributed by atoms with Gasteiger partial charge in [-0.3, -0.25) is 0 Å². The van der Waals surface area contributed by atoms with Crippen molar-refractivity contribution in [2.24, 2.45) is 5.84 Å². The van der Waals surface area contributed by atoms with E-state index in [0.717, 1.165) is 24.2 Å². The average molecular weight is 275 g/mol. The van der Waals surface area contributed by atoms with Crippen molar-refractivity contribution >= 4 is 21.6 Å². The summed E-state index contributed by atoms with van der Waals surface area (Å²) in [5.74, 6) is 5.44. The Labute approximate surface area is 98.4 Å². The average Bonchev–Trinajstić information content (AvgIpc) is 2.51. The van der Waals surface area contributed by atoms with Gasteiger partial charge in [0.05, 0.1) is 10.2 Å². The number of rotatable bonds is 0. The van der Waals surface area contributed by atoms with E-state index in [1.54, 1.807) is 11.1 Å². The third-order valence-electron chi connectivity index (χ3n) is 2.05. The van der Waals surface area contributed by atoms with Crippen molar-refractivity contribution in [3.05, 3.63) is 28.0 Å². The monoisotopic (exact) mass is 274 g/mol. The van der Waals surface area contributed by atoms with Crippen LogP contribution in [0.4, 0.5) is 10.1 Å². The van der Waals surface area contributed by atoms with Crippen LogP contribution in [0.15, 0.2) is 16.6 Å². The highest BCUT2D eigenvalue weighted by atomic mass is 79.9. The molecule has 2 nitrogen and oxygen atoms in total. The molecule has 15 heavy (non-hydrogen) atoms. The van der Waals surface area contributed by atoms with Crippen LogP contribution >= 0.6 is 15.9 Å². The molecule has 0 saturated heterocycles. The van der Waals surface area contributed by atoms with Gasteiger partial charge in [-0.2, -0.15) is 0 Å². The summed E-state index contributed by atoms with van der Waals surface area (Å²) in [5.41, 5.74) is 1.90. The van der Waals surface area contributed by atoms with Gasteiger partial charge in [-0.05, 0) is 40.0 Å². The number of hydrazine groups is 1. The summed E-state index contributed by atoms with van der Waals surface area (Å²) in [6.45, 7) is 5.02. The Balaban J connectivity index is 0.000000337. The molecule has 2 N–H and O–H groups in total. The van der Waals surface area contributed by atoms with E-state index in [1.807, 2.05) is 0 Å². The fraction of sp³-hybridized carbons (Fsp3) is 0.455. The number of fused-ring (bicyclic) bond motifs is 1. The number of nitrogens with zero attached hydrogens (tertiary/aromatic N) is 1. The molecule has 1 aliphatic rings. The van der Waals surface area contributed by atoms with Gasteiger partial charge < -0.3 is 5.01 Å². The molecule has 0 fully saturated rings. The van der Waals surface area contributed by atoms with Gasteiger partial charge >= 0.3 is 0 Å². The molecule has 1 aromatic carbocycles. The van der Waals surface area contributed by atoms with Crippen LogP contribution in [0.3, 0.4) is 0 Å². The maximum atomic E-state index is 13.0. The van der Waals surface area contributed by atoms with Gasteiger partial charge in [0.1, 0.15) is 5.82 Å². The summed E-state index contributed by atoms with van der Waals surface area (Å²) in [5, 5.41) is 1.64. The zero-order valence-electron chi connectivity index (χ0n) is 9.06. The van der Waals surface area contributed by atoms with Gasteiger partial charge in [-0.15, -0.1) is 0 Å². The van der Waals surface area contributed by atoms with Crippen LogP contribution in [0.2, 0.25) is 0 Å². The van der Waals surface area contributed by atoms with Gasteiger partial charge in [-0.25, -0.2) is 10.2 Å². The van der Waals surface area contributed by atoms with Crippen molar-refractivity contribution in [3.8, 4) is 0 Å². The number of hydrogen-bond donors (Lipinski definition) is 1. The van der Waals surface area contributed by atoms with Gasteiger partial charge in [0.15, 0.2) is 0 Å². The number of anilines is 1. The highest BCUT2D eigenvalue weighted by Gasteiger charge is 2.18. The Hall–Kier alpha value is -0.610. The first-order valence-corrected chi connectivity index (χ1v) is 5.89. The molecule has 0 amide bonds. The first-order valence-electron chi connectivity index (χ1n) is 5.10. The van der Waals surface area contributed by atoms with E-state index in [0.29, 0.717) is 4.47 Å². The lowest BCUT2D eigenvalue weighted by Crippen LogP contribution is -2.28. The van der Waals surface area contributed by atoms with E-state index in [-0.39, 0.29) is 5.82 Å². The van der Waals surface area contributed by atoms with Crippen molar-refractivity contribution < 1.29 is 4.39 Å². The molecule has 0 saturated carbocycles. The molecule has 0 atom stereocenters. The third kappa shape index (κ3) is 2.92. The largest absolute Gasteiger partial charge is 0.310 e. The maximum Gasteiger partial charge on any atom is 0.137 e.